The predicted molar refractivity (Wildman–Crippen MR) is 78.6 cm³/mol. The van der Waals surface area contributed by atoms with Crippen molar-refractivity contribution >= 4 is 11.9 Å². The lowest BCUT2D eigenvalue weighted by atomic mass is 10.1. The third kappa shape index (κ3) is 3.36. The van der Waals surface area contributed by atoms with E-state index in [1.165, 1.54) is 6.07 Å². The molecule has 0 saturated heterocycles. The van der Waals surface area contributed by atoms with Gasteiger partial charge in [0.05, 0.1) is 12.6 Å². The van der Waals surface area contributed by atoms with Crippen LogP contribution in [-0.4, -0.2) is 28.6 Å². The van der Waals surface area contributed by atoms with Crippen molar-refractivity contribution < 1.29 is 9.13 Å². The van der Waals surface area contributed by atoms with Crippen molar-refractivity contribution in [3.8, 4) is 6.01 Å². The summed E-state index contributed by atoms with van der Waals surface area (Å²) in [7, 11) is 1.77. The van der Waals surface area contributed by atoms with Gasteiger partial charge < -0.3 is 15.4 Å². The second-order valence-electron chi connectivity index (χ2n) is 4.52. The van der Waals surface area contributed by atoms with Crippen molar-refractivity contribution in [3.05, 3.63) is 35.6 Å². The predicted octanol–water partition coefficient (Wildman–Crippen LogP) is 2.19. The maximum absolute atomic E-state index is 13.9. The van der Waals surface area contributed by atoms with E-state index >= 15 is 0 Å². The normalized spacial score (nSPS) is 12.0. The maximum atomic E-state index is 13.9. The lowest BCUT2D eigenvalue weighted by Crippen LogP contribution is -2.25. The molecule has 2 N–H and O–H groups in total. The highest BCUT2D eigenvalue weighted by atomic mass is 19.1. The van der Waals surface area contributed by atoms with Crippen LogP contribution in [0.1, 0.15) is 25.5 Å². The molecule has 0 radical (unpaired) electrons. The molecule has 0 saturated carbocycles. The van der Waals surface area contributed by atoms with Crippen LogP contribution in [0, 0.1) is 5.82 Å². The zero-order chi connectivity index (χ0) is 15.4. The minimum absolute atomic E-state index is 0.0658. The molecule has 1 atom stereocenters. The molecule has 6 nitrogen and oxygen atoms in total. The Balaban J connectivity index is 2.31. The number of hydrogen-bond donors (Lipinski definition) is 1. The van der Waals surface area contributed by atoms with E-state index in [2.05, 4.69) is 15.0 Å². The van der Waals surface area contributed by atoms with Crippen LogP contribution in [0.2, 0.25) is 0 Å². The molecule has 0 aliphatic carbocycles. The van der Waals surface area contributed by atoms with Crippen LogP contribution in [0.25, 0.3) is 0 Å². The van der Waals surface area contributed by atoms with Crippen molar-refractivity contribution in [2.75, 3.05) is 24.3 Å². The molecule has 1 aromatic heterocycles. The SMILES string of the molecule is CCOc1nc(N)nc(N(C)C(C)c2ccccc2F)n1. The van der Waals surface area contributed by atoms with Gasteiger partial charge in [-0.1, -0.05) is 18.2 Å². The second-order valence-corrected chi connectivity index (χ2v) is 4.52. The van der Waals surface area contributed by atoms with Crippen LogP contribution in [0.5, 0.6) is 6.01 Å². The highest BCUT2D eigenvalue weighted by molar-refractivity contribution is 5.39. The first-order valence-electron chi connectivity index (χ1n) is 6.64. The molecule has 0 amide bonds. The third-order valence-electron chi connectivity index (χ3n) is 3.15. The van der Waals surface area contributed by atoms with E-state index in [4.69, 9.17) is 10.5 Å². The summed E-state index contributed by atoms with van der Waals surface area (Å²) in [6, 6.07) is 6.49. The zero-order valence-corrected chi connectivity index (χ0v) is 12.2. The molecule has 2 rings (SSSR count). The Kier molecular flexibility index (Phi) is 4.52. The Hall–Kier alpha value is -2.44. The van der Waals surface area contributed by atoms with Gasteiger partial charge in [0.25, 0.3) is 0 Å². The summed E-state index contributed by atoms with van der Waals surface area (Å²) in [6.07, 6.45) is 0. The number of ether oxygens (including phenoxy) is 1. The molecule has 112 valence electrons. The van der Waals surface area contributed by atoms with Gasteiger partial charge in [-0.3, -0.25) is 0 Å². The monoisotopic (exact) mass is 291 g/mol. The number of aromatic nitrogens is 3. The molecular formula is C14H18FN5O. The van der Waals surface area contributed by atoms with Gasteiger partial charge in [0, 0.05) is 12.6 Å². The number of rotatable bonds is 5. The minimum atomic E-state index is -0.274. The number of hydrogen-bond acceptors (Lipinski definition) is 6. The van der Waals surface area contributed by atoms with Gasteiger partial charge in [0.15, 0.2) is 0 Å². The van der Waals surface area contributed by atoms with Crippen molar-refractivity contribution in [1.82, 2.24) is 15.0 Å². The first kappa shape index (κ1) is 15.0. The summed E-state index contributed by atoms with van der Waals surface area (Å²) >= 11 is 0. The fraction of sp³-hybridized carbons (Fsp3) is 0.357. The van der Waals surface area contributed by atoms with Gasteiger partial charge in [-0.25, -0.2) is 4.39 Å². The fourth-order valence-electron chi connectivity index (χ4n) is 1.91. The molecule has 21 heavy (non-hydrogen) atoms. The Labute approximate surface area is 122 Å². The van der Waals surface area contributed by atoms with E-state index in [9.17, 15) is 4.39 Å². The molecule has 7 heteroatoms. The van der Waals surface area contributed by atoms with Crippen LogP contribution in [0.4, 0.5) is 16.3 Å². The molecule has 0 aliphatic heterocycles. The Morgan fingerprint density at radius 1 is 1.29 bits per heavy atom. The van der Waals surface area contributed by atoms with E-state index in [0.717, 1.165) is 0 Å². The second kappa shape index (κ2) is 6.34. The summed E-state index contributed by atoms with van der Waals surface area (Å²) in [4.78, 5) is 13.9. The van der Waals surface area contributed by atoms with Gasteiger partial charge in [-0.15, -0.1) is 0 Å². The molecule has 0 fully saturated rings. The molecule has 0 spiro atoms. The van der Waals surface area contributed by atoms with Gasteiger partial charge in [0.2, 0.25) is 11.9 Å². The topological polar surface area (TPSA) is 77.2 Å². The fourth-order valence-corrected chi connectivity index (χ4v) is 1.91. The molecular weight excluding hydrogens is 273 g/mol. The van der Waals surface area contributed by atoms with Crippen LogP contribution in [0.3, 0.4) is 0 Å². The maximum Gasteiger partial charge on any atom is 0.323 e. The van der Waals surface area contributed by atoms with E-state index in [1.807, 2.05) is 13.8 Å². The third-order valence-corrected chi connectivity index (χ3v) is 3.15. The minimum Gasteiger partial charge on any atom is -0.464 e. The first-order valence-corrected chi connectivity index (χ1v) is 6.64. The summed E-state index contributed by atoms with van der Waals surface area (Å²) in [5.74, 6) is 0.127. The standard InChI is InChI=1S/C14H18FN5O/c1-4-21-14-18-12(16)17-13(19-14)20(3)9(2)10-7-5-6-8-11(10)15/h5-9H,4H2,1-3H3,(H2,16,17,18,19). The smallest absolute Gasteiger partial charge is 0.323 e. The molecule has 1 heterocycles. The van der Waals surface area contributed by atoms with Crippen molar-refractivity contribution in [1.29, 1.82) is 0 Å². The average molecular weight is 291 g/mol. The highest BCUT2D eigenvalue weighted by Crippen LogP contribution is 2.25. The van der Waals surface area contributed by atoms with E-state index in [1.54, 1.807) is 30.1 Å². The summed E-state index contributed by atoms with van der Waals surface area (Å²) in [5, 5.41) is 0. The zero-order valence-electron chi connectivity index (χ0n) is 12.2. The number of halogens is 1. The van der Waals surface area contributed by atoms with Crippen LogP contribution in [0.15, 0.2) is 24.3 Å². The largest absolute Gasteiger partial charge is 0.464 e. The van der Waals surface area contributed by atoms with Crippen LogP contribution in [-0.2, 0) is 0 Å². The molecule has 0 aliphatic rings. The van der Waals surface area contributed by atoms with Gasteiger partial charge in [-0.05, 0) is 19.9 Å². The number of nitrogens with zero attached hydrogens (tertiary/aromatic N) is 4. The van der Waals surface area contributed by atoms with E-state index in [-0.39, 0.29) is 23.8 Å². The van der Waals surface area contributed by atoms with Crippen molar-refractivity contribution in [3.63, 3.8) is 0 Å². The van der Waals surface area contributed by atoms with Crippen LogP contribution >= 0.6 is 0 Å². The van der Waals surface area contributed by atoms with E-state index in [0.29, 0.717) is 18.1 Å². The van der Waals surface area contributed by atoms with Crippen LogP contribution < -0.4 is 15.4 Å². The first-order chi connectivity index (χ1) is 10.0. The van der Waals surface area contributed by atoms with E-state index < -0.39 is 0 Å². The molecule has 1 aromatic carbocycles. The molecule has 1 unspecified atom stereocenters. The van der Waals surface area contributed by atoms with Crippen molar-refractivity contribution in [2.24, 2.45) is 0 Å². The molecule has 0 bridgehead atoms. The average Bonchev–Trinajstić information content (AvgIpc) is 2.46. The summed E-state index contributed by atoms with van der Waals surface area (Å²) in [5.41, 5.74) is 6.21. The highest BCUT2D eigenvalue weighted by Gasteiger charge is 2.19. The Morgan fingerprint density at radius 3 is 2.67 bits per heavy atom. The number of benzene rings is 1. The Morgan fingerprint density at radius 2 is 2.00 bits per heavy atom. The Bertz CT molecular complexity index is 622. The lowest BCUT2D eigenvalue weighted by Gasteiger charge is -2.25. The molecule has 2 aromatic rings. The number of anilines is 2. The van der Waals surface area contributed by atoms with Gasteiger partial charge in [-0.2, -0.15) is 15.0 Å². The lowest BCUT2D eigenvalue weighted by molar-refractivity contribution is 0.312. The summed E-state index contributed by atoms with van der Waals surface area (Å²) < 4.78 is 19.1. The van der Waals surface area contributed by atoms with Gasteiger partial charge in [0.1, 0.15) is 5.82 Å². The number of nitrogens with two attached hydrogens (primary N) is 1. The quantitative estimate of drug-likeness (QED) is 0.910. The number of nitrogen functional groups attached to an aromatic ring is 1. The van der Waals surface area contributed by atoms with Crippen molar-refractivity contribution in [2.45, 2.75) is 19.9 Å². The van der Waals surface area contributed by atoms with Gasteiger partial charge >= 0.3 is 6.01 Å². The summed E-state index contributed by atoms with van der Waals surface area (Å²) in [6.45, 7) is 4.11.